The Morgan fingerprint density at radius 1 is 1.53 bits per heavy atom. The van der Waals surface area contributed by atoms with Crippen LogP contribution in [0.2, 0.25) is 0 Å². The van der Waals surface area contributed by atoms with Crippen molar-refractivity contribution in [2.45, 2.75) is 42.7 Å². The van der Waals surface area contributed by atoms with Crippen LogP contribution in [-0.2, 0) is 21.3 Å². The predicted molar refractivity (Wildman–Crippen MR) is 75.8 cm³/mol. The third-order valence-electron chi connectivity index (χ3n) is 3.51. The maximum Gasteiger partial charge on any atom is 0.250 e. The van der Waals surface area contributed by atoms with Gasteiger partial charge < -0.3 is 10.1 Å². The molecule has 1 aromatic rings. The summed E-state index contributed by atoms with van der Waals surface area (Å²) >= 11 is 1.29. The van der Waals surface area contributed by atoms with Crippen molar-refractivity contribution in [1.29, 1.82) is 0 Å². The van der Waals surface area contributed by atoms with Crippen LogP contribution in [0.3, 0.4) is 0 Å². The molecule has 2 rings (SSSR count). The zero-order chi connectivity index (χ0) is 14.1. The van der Waals surface area contributed by atoms with Crippen molar-refractivity contribution in [3.05, 3.63) is 17.0 Å². The highest BCUT2D eigenvalue weighted by atomic mass is 32.2. The molecule has 1 aliphatic rings. The van der Waals surface area contributed by atoms with Gasteiger partial charge in [0.2, 0.25) is 0 Å². The van der Waals surface area contributed by atoms with E-state index >= 15 is 0 Å². The van der Waals surface area contributed by atoms with Gasteiger partial charge in [-0.1, -0.05) is 0 Å². The van der Waals surface area contributed by atoms with Gasteiger partial charge in [-0.15, -0.1) is 11.3 Å². The Labute approximate surface area is 118 Å². The van der Waals surface area contributed by atoms with Gasteiger partial charge in [0.1, 0.15) is 4.21 Å². The Morgan fingerprint density at radius 3 is 2.84 bits per heavy atom. The standard InChI is InChI=1S/C12H20N2O3S2/c1-9-12(2,6-7-17-9)14-19(15,16)11-5-4-10(18-11)8-13-3/h4-5,9,13-14H,6-8H2,1-3H3. The number of hydrogen-bond acceptors (Lipinski definition) is 5. The highest BCUT2D eigenvalue weighted by Gasteiger charge is 2.40. The molecule has 2 heterocycles. The molecule has 2 N–H and O–H groups in total. The summed E-state index contributed by atoms with van der Waals surface area (Å²) in [4.78, 5) is 1.00. The number of ether oxygens (including phenoxy) is 1. The third kappa shape index (κ3) is 3.17. The van der Waals surface area contributed by atoms with Gasteiger partial charge in [0, 0.05) is 18.0 Å². The van der Waals surface area contributed by atoms with E-state index in [1.807, 2.05) is 27.0 Å². The van der Waals surface area contributed by atoms with Crippen molar-refractivity contribution in [3.63, 3.8) is 0 Å². The molecule has 19 heavy (non-hydrogen) atoms. The molecule has 2 unspecified atom stereocenters. The smallest absolute Gasteiger partial charge is 0.250 e. The quantitative estimate of drug-likeness (QED) is 0.861. The van der Waals surface area contributed by atoms with E-state index in [1.54, 1.807) is 6.07 Å². The van der Waals surface area contributed by atoms with Crippen molar-refractivity contribution in [2.75, 3.05) is 13.7 Å². The van der Waals surface area contributed by atoms with Crippen LogP contribution in [0.1, 0.15) is 25.1 Å². The first-order chi connectivity index (χ1) is 8.87. The first kappa shape index (κ1) is 14.9. The van der Waals surface area contributed by atoms with Crippen LogP contribution in [-0.4, -0.2) is 33.7 Å². The van der Waals surface area contributed by atoms with Crippen molar-refractivity contribution in [2.24, 2.45) is 0 Å². The molecule has 108 valence electrons. The number of hydrogen-bond donors (Lipinski definition) is 2. The zero-order valence-corrected chi connectivity index (χ0v) is 13.0. The van der Waals surface area contributed by atoms with Crippen LogP contribution >= 0.6 is 11.3 Å². The number of sulfonamides is 1. The SMILES string of the molecule is CNCc1ccc(S(=O)(=O)NC2(C)CCOC2C)s1. The molecule has 7 heteroatoms. The molecule has 0 spiro atoms. The molecule has 0 radical (unpaired) electrons. The Balaban J connectivity index is 2.17. The molecule has 1 aliphatic heterocycles. The van der Waals surface area contributed by atoms with Crippen molar-refractivity contribution >= 4 is 21.4 Å². The lowest BCUT2D eigenvalue weighted by Crippen LogP contribution is -2.50. The van der Waals surface area contributed by atoms with Gasteiger partial charge in [-0.25, -0.2) is 13.1 Å². The normalized spacial score (nSPS) is 27.8. The molecule has 1 saturated heterocycles. The lowest BCUT2D eigenvalue weighted by molar-refractivity contribution is 0.0957. The van der Waals surface area contributed by atoms with Crippen molar-refractivity contribution < 1.29 is 13.2 Å². The molecule has 0 amide bonds. The lowest BCUT2D eigenvalue weighted by Gasteiger charge is -2.28. The fourth-order valence-corrected chi connectivity index (χ4v) is 4.96. The summed E-state index contributed by atoms with van der Waals surface area (Å²) in [7, 11) is -1.63. The van der Waals surface area contributed by atoms with E-state index in [-0.39, 0.29) is 6.10 Å². The monoisotopic (exact) mass is 304 g/mol. The average molecular weight is 304 g/mol. The van der Waals surface area contributed by atoms with Crippen LogP contribution in [0.5, 0.6) is 0 Å². The van der Waals surface area contributed by atoms with E-state index in [4.69, 9.17) is 4.74 Å². The van der Waals surface area contributed by atoms with Gasteiger partial charge in [-0.3, -0.25) is 0 Å². The van der Waals surface area contributed by atoms with Gasteiger partial charge in [0.25, 0.3) is 10.0 Å². The summed E-state index contributed by atoms with van der Waals surface area (Å²) in [5.74, 6) is 0. The van der Waals surface area contributed by atoms with E-state index in [0.29, 0.717) is 23.8 Å². The molecule has 1 aromatic heterocycles. The number of thiophene rings is 1. The van der Waals surface area contributed by atoms with E-state index < -0.39 is 15.6 Å². The Kier molecular flexibility index (Phi) is 4.32. The second-order valence-corrected chi connectivity index (χ2v) is 8.11. The summed E-state index contributed by atoms with van der Waals surface area (Å²) < 4.78 is 33.4. The second-order valence-electron chi connectivity index (χ2n) is 5.04. The largest absolute Gasteiger partial charge is 0.376 e. The third-order valence-corrected chi connectivity index (χ3v) is 6.70. The molecule has 5 nitrogen and oxygen atoms in total. The predicted octanol–water partition coefficient (Wildman–Crippen LogP) is 1.31. The minimum absolute atomic E-state index is 0.112. The first-order valence-electron chi connectivity index (χ1n) is 6.26. The van der Waals surface area contributed by atoms with Crippen LogP contribution in [0.4, 0.5) is 0 Å². The first-order valence-corrected chi connectivity index (χ1v) is 8.56. The topological polar surface area (TPSA) is 67.4 Å². The maximum absolute atomic E-state index is 12.4. The molecular weight excluding hydrogens is 284 g/mol. The molecule has 0 saturated carbocycles. The second kappa shape index (κ2) is 5.49. The van der Waals surface area contributed by atoms with E-state index in [9.17, 15) is 8.42 Å². The zero-order valence-electron chi connectivity index (χ0n) is 11.4. The molecule has 0 bridgehead atoms. The van der Waals surface area contributed by atoms with Gasteiger partial charge >= 0.3 is 0 Å². The van der Waals surface area contributed by atoms with Crippen LogP contribution in [0.15, 0.2) is 16.3 Å². The van der Waals surface area contributed by atoms with E-state index in [1.165, 1.54) is 11.3 Å². The Hall–Kier alpha value is -0.470. The van der Waals surface area contributed by atoms with Crippen molar-refractivity contribution in [1.82, 2.24) is 10.0 Å². The molecule has 0 aromatic carbocycles. The Morgan fingerprint density at radius 2 is 2.26 bits per heavy atom. The van der Waals surface area contributed by atoms with Gasteiger partial charge in [0.05, 0.1) is 11.6 Å². The summed E-state index contributed by atoms with van der Waals surface area (Å²) in [5, 5.41) is 3.01. The molecular formula is C12H20N2O3S2. The summed E-state index contributed by atoms with van der Waals surface area (Å²) in [6.45, 7) is 5.06. The number of rotatable bonds is 5. The molecule has 2 atom stereocenters. The minimum Gasteiger partial charge on any atom is -0.376 e. The van der Waals surface area contributed by atoms with Crippen LogP contribution in [0.25, 0.3) is 0 Å². The average Bonchev–Trinajstić information content (AvgIpc) is 2.88. The summed E-state index contributed by atoms with van der Waals surface area (Å²) in [6.07, 6.45) is 0.585. The van der Waals surface area contributed by atoms with Gasteiger partial charge in [0.15, 0.2) is 0 Å². The van der Waals surface area contributed by atoms with E-state index in [0.717, 1.165) is 4.88 Å². The number of nitrogens with one attached hydrogen (secondary N) is 2. The highest BCUT2D eigenvalue weighted by Crippen LogP contribution is 2.29. The van der Waals surface area contributed by atoms with Crippen LogP contribution in [0, 0.1) is 0 Å². The van der Waals surface area contributed by atoms with Crippen molar-refractivity contribution in [3.8, 4) is 0 Å². The lowest BCUT2D eigenvalue weighted by atomic mass is 9.97. The van der Waals surface area contributed by atoms with Crippen LogP contribution < -0.4 is 10.0 Å². The summed E-state index contributed by atoms with van der Waals surface area (Å²) in [6, 6.07) is 3.50. The fraction of sp³-hybridized carbons (Fsp3) is 0.667. The molecule has 0 aliphatic carbocycles. The maximum atomic E-state index is 12.4. The minimum atomic E-state index is -3.47. The highest BCUT2D eigenvalue weighted by molar-refractivity contribution is 7.91. The van der Waals surface area contributed by atoms with Gasteiger partial charge in [-0.2, -0.15) is 0 Å². The fourth-order valence-electron chi connectivity index (χ4n) is 2.10. The molecule has 1 fully saturated rings. The van der Waals surface area contributed by atoms with E-state index in [2.05, 4.69) is 10.0 Å². The van der Waals surface area contributed by atoms with Gasteiger partial charge in [-0.05, 0) is 39.4 Å². The Bertz CT molecular complexity index is 541. The summed E-state index contributed by atoms with van der Waals surface area (Å²) in [5.41, 5.74) is -0.522.